The van der Waals surface area contributed by atoms with Crippen molar-refractivity contribution < 1.29 is 19.4 Å². The number of aryl methyl sites for hydroxylation is 1. The van der Waals surface area contributed by atoms with E-state index < -0.39 is 17.8 Å². The number of rotatable bonds is 4. The molecule has 0 spiro atoms. The highest BCUT2D eigenvalue weighted by Gasteiger charge is 2.40. The molecule has 3 unspecified atom stereocenters. The standard InChI is InChI=1S/C20H26O4/c1-4-20(3)11-16-14(10-9-12(2)18(16)24-20)17(21)13-7-5-6-8-15(13)19(22)23/h9-10,13,15H,4-8,11H2,1-3H3,(H,22,23). The highest BCUT2D eigenvalue weighted by atomic mass is 16.5. The summed E-state index contributed by atoms with van der Waals surface area (Å²) in [4.78, 5) is 24.7. The molecule has 1 saturated carbocycles. The third-order valence-electron chi connectivity index (χ3n) is 5.79. The third kappa shape index (κ3) is 2.83. The van der Waals surface area contributed by atoms with Gasteiger partial charge in [-0.1, -0.05) is 31.9 Å². The summed E-state index contributed by atoms with van der Waals surface area (Å²) in [5.74, 6) is -0.985. The molecule has 0 aromatic heterocycles. The Kier molecular flexibility index (Phi) is 4.41. The van der Waals surface area contributed by atoms with Crippen LogP contribution in [0.4, 0.5) is 0 Å². The van der Waals surface area contributed by atoms with Crippen LogP contribution in [-0.4, -0.2) is 22.5 Å². The van der Waals surface area contributed by atoms with Crippen molar-refractivity contribution in [3.63, 3.8) is 0 Å². The number of carbonyl (C=O) groups is 2. The van der Waals surface area contributed by atoms with Crippen LogP contribution >= 0.6 is 0 Å². The SMILES string of the molecule is CCC1(C)Cc2c(C(=O)C3CCCCC3C(=O)O)ccc(C)c2O1. The molecular formula is C20H26O4. The molecule has 1 fully saturated rings. The number of ketones is 1. The van der Waals surface area contributed by atoms with Crippen molar-refractivity contribution in [3.8, 4) is 5.75 Å². The maximum atomic E-state index is 13.2. The van der Waals surface area contributed by atoms with E-state index in [0.717, 1.165) is 36.1 Å². The van der Waals surface area contributed by atoms with Crippen LogP contribution < -0.4 is 4.74 Å². The maximum Gasteiger partial charge on any atom is 0.307 e. The fraction of sp³-hybridized carbons (Fsp3) is 0.600. The molecule has 1 aliphatic carbocycles. The summed E-state index contributed by atoms with van der Waals surface area (Å²) in [6.45, 7) is 6.15. The Labute approximate surface area is 143 Å². The summed E-state index contributed by atoms with van der Waals surface area (Å²) in [6.07, 6.45) is 4.68. The fourth-order valence-corrected chi connectivity index (χ4v) is 4.09. The van der Waals surface area contributed by atoms with Crippen molar-refractivity contribution in [2.45, 2.75) is 64.9 Å². The van der Waals surface area contributed by atoms with E-state index in [0.29, 0.717) is 24.8 Å². The van der Waals surface area contributed by atoms with E-state index in [4.69, 9.17) is 4.74 Å². The normalized spacial score (nSPS) is 29.0. The summed E-state index contributed by atoms with van der Waals surface area (Å²) < 4.78 is 6.16. The van der Waals surface area contributed by atoms with Gasteiger partial charge >= 0.3 is 5.97 Å². The van der Waals surface area contributed by atoms with Crippen LogP contribution in [0.1, 0.15) is 67.4 Å². The molecule has 0 saturated heterocycles. The number of fused-ring (bicyclic) bond motifs is 1. The predicted octanol–water partition coefficient (Wildman–Crippen LogP) is 4.17. The summed E-state index contributed by atoms with van der Waals surface area (Å²) in [7, 11) is 0. The average Bonchev–Trinajstić information content (AvgIpc) is 2.94. The molecule has 4 nitrogen and oxygen atoms in total. The molecule has 1 aliphatic heterocycles. The van der Waals surface area contributed by atoms with Crippen molar-refractivity contribution >= 4 is 11.8 Å². The first-order valence-electron chi connectivity index (χ1n) is 8.95. The Morgan fingerprint density at radius 1 is 1.25 bits per heavy atom. The number of hydrogen-bond donors (Lipinski definition) is 1. The maximum absolute atomic E-state index is 13.2. The van der Waals surface area contributed by atoms with Gasteiger partial charge in [0.15, 0.2) is 5.78 Å². The zero-order valence-electron chi connectivity index (χ0n) is 14.7. The lowest BCUT2D eigenvalue weighted by molar-refractivity contribution is -0.144. The quantitative estimate of drug-likeness (QED) is 0.842. The Balaban J connectivity index is 1.98. The number of benzene rings is 1. The Hall–Kier alpha value is -1.84. The van der Waals surface area contributed by atoms with Crippen molar-refractivity contribution in [1.29, 1.82) is 0 Å². The number of carboxylic acids is 1. The van der Waals surface area contributed by atoms with Crippen molar-refractivity contribution in [2.24, 2.45) is 11.8 Å². The van der Waals surface area contributed by atoms with E-state index in [-0.39, 0.29) is 11.4 Å². The molecule has 24 heavy (non-hydrogen) atoms. The molecule has 3 atom stereocenters. The highest BCUT2D eigenvalue weighted by Crippen LogP contribution is 2.43. The van der Waals surface area contributed by atoms with E-state index in [2.05, 4.69) is 13.8 Å². The van der Waals surface area contributed by atoms with Gasteiger partial charge < -0.3 is 9.84 Å². The van der Waals surface area contributed by atoms with E-state index in [1.165, 1.54) is 0 Å². The molecule has 1 N–H and O–H groups in total. The number of hydrogen-bond acceptors (Lipinski definition) is 3. The number of aliphatic carboxylic acids is 1. The van der Waals surface area contributed by atoms with Gasteiger partial charge in [-0.25, -0.2) is 0 Å². The van der Waals surface area contributed by atoms with Crippen molar-refractivity contribution in [3.05, 3.63) is 28.8 Å². The number of carboxylic acid groups (broad SMARTS) is 1. The first-order chi connectivity index (χ1) is 11.4. The minimum atomic E-state index is -0.841. The minimum Gasteiger partial charge on any atom is -0.487 e. The van der Waals surface area contributed by atoms with Crippen LogP contribution in [0.2, 0.25) is 0 Å². The van der Waals surface area contributed by atoms with Gasteiger partial charge in [0.1, 0.15) is 11.4 Å². The molecule has 1 aromatic rings. The van der Waals surface area contributed by atoms with E-state index >= 15 is 0 Å². The van der Waals surface area contributed by atoms with Gasteiger partial charge in [-0.05, 0) is 38.7 Å². The Morgan fingerprint density at radius 3 is 2.54 bits per heavy atom. The molecule has 2 aliphatic rings. The third-order valence-corrected chi connectivity index (χ3v) is 5.79. The largest absolute Gasteiger partial charge is 0.487 e. The summed E-state index contributed by atoms with van der Waals surface area (Å²) in [5.41, 5.74) is 2.41. The van der Waals surface area contributed by atoms with Gasteiger partial charge in [0.2, 0.25) is 0 Å². The van der Waals surface area contributed by atoms with Crippen LogP contribution in [0.25, 0.3) is 0 Å². The fourth-order valence-electron chi connectivity index (χ4n) is 4.09. The zero-order chi connectivity index (χ0) is 17.5. The minimum absolute atomic E-state index is 0.0118. The van der Waals surface area contributed by atoms with Gasteiger partial charge in [-0.2, -0.15) is 0 Å². The number of carbonyl (C=O) groups excluding carboxylic acids is 1. The van der Waals surface area contributed by atoms with Gasteiger partial charge in [-0.15, -0.1) is 0 Å². The summed E-state index contributed by atoms with van der Waals surface area (Å²) >= 11 is 0. The first-order valence-corrected chi connectivity index (χ1v) is 8.95. The van der Waals surface area contributed by atoms with Crippen LogP contribution in [0.15, 0.2) is 12.1 Å². The number of ether oxygens (including phenoxy) is 1. The van der Waals surface area contributed by atoms with Gasteiger partial charge in [0.25, 0.3) is 0 Å². The van der Waals surface area contributed by atoms with Crippen molar-refractivity contribution in [2.75, 3.05) is 0 Å². The molecule has 0 radical (unpaired) electrons. The lowest BCUT2D eigenvalue weighted by Crippen LogP contribution is -2.33. The second-order valence-corrected chi connectivity index (χ2v) is 7.52. The molecule has 0 bridgehead atoms. The van der Waals surface area contributed by atoms with Crippen LogP contribution in [0.5, 0.6) is 5.75 Å². The molecule has 4 heteroatoms. The highest BCUT2D eigenvalue weighted by molar-refractivity contribution is 6.02. The Morgan fingerprint density at radius 2 is 1.92 bits per heavy atom. The molecule has 1 heterocycles. The summed E-state index contributed by atoms with van der Waals surface area (Å²) in [6, 6.07) is 3.79. The second-order valence-electron chi connectivity index (χ2n) is 7.52. The molecule has 1 aromatic carbocycles. The van der Waals surface area contributed by atoms with E-state index in [1.807, 2.05) is 19.1 Å². The smallest absolute Gasteiger partial charge is 0.307 e. The monoisotopic (exact) mass is 330 g/mol. The van der Waals surface area contributed by atoms with Crippen molar-refractivity contribution in [1.82, 2.24) is 0 Å². The lowest BCUT2D eigenvalue weighted by atomic mass is 9.74. The molecule has 130 valence electrons. The van der Waals surface area contributed by atoms with Gasteiger partial charge in [-0.3, -0.25) is 9.59 Å². The van der Waals surface area contributed by atoms with Crippen LogP contribution in [-0.2, 0) is 11.2 Å². The van der Waals surface area contributed by atoms with Crippen LogP contribution in [0, 0.1) is 18.8 Å². The van der Waals surface area contributed by atoms with E-state index in [1.54, 1.807) is 0 Å². The molecule has 0 amide bonds. The molecule has 3 rings (SSSR count). The van der Waals surface area contributed by atoms with Gasteiger partial charge in [0.05, 0.1) is 5.92 Å². The van der Waals surface area contributed by atoms with Gasteiger partial charge in [0, 0.05) is 23.5 Å². The van der Waals surface area contributed by atoms with E-state index in [9.17, 15) is 14.7 Å². The first kappa shape index (κ1) is 17.0. The molecular weight excluding hydrogens is 304 g/mol. The van der Waals surface area contributed by atoms with Crippen LogP contribution in [0.3, 0.4) is 0 Å². The second kappa shape index (κ2) is 6.23. The average molecular weight is 330 g/mol. The predicted molar refractivity (Wildman–Crippen MR) is 91.6 cm³/mol. The Bertz CT molecular complexity index is 678. The topological polar surface area (TPSA) is 63.6 Å². The number of Topliss-reactive ketones (excluding diaryl/α,β-unsaturated/α-hetero) is 1. The summed E-state index contributed by atoms with van der Waals surface area (Å²) in [5, 5.41) is 9.49. The lowest BCUT2D eigenvalue weighted by Gasteiger charge is -2.28. The zero-order valence-corrected chi connectivity index (χ0v) is 14.7.